The van der Waals surface area contributed by atoms with Gasteiger partial charge < -0.3 is 15.4 Å². The maximum absolute atomic E-state index is 12.0. The highest BCUT2D eigenvalue weighted by Gasteiger charge is 2.16. The summed E-state index contributed by atoms with van der Waals surface area (Å²) in [5, 5.41) is 0. The molecule has 106 valence electrons. The van der Waals surface area contributed by atoms with Gasteiger partial charge in [0.15, 0.2) is 0 Å². The number of rotatable bonds is 7. The number of nitrogens with zero attached hydrogens (tertiary/aromatic N) is 1. The predicted octanol–water partition coefficient (Wildman–Crippen LogP) is 3.07. The predicted molar refractivity (Wildman–Crippen MR) is 79.6 cm³/mol. The number of esters is 1. The van der Waals surface area contributed by atoms with Gasteiger partial charge in [0.2, 0.25) is 0 Å². The Morgan fingerprint density at radius 1 is 1.32 bits per heavy atom. The SMILES string of the molecule is CCCCN(CC)c1ccc(N)cc1C(=O)OCC. The van der Waals surface area contributed by atoms with Crippen molar-refractivity contribution in [3.05, 3.63) is 23.8 Å². The van der Waals surface area contributed by atoms with E-state index in [1.165, 1.54) is 0 Å². The first-order chi connectivity index (χ1) is 9.13. The number of nitrogen functional groups attached to an aromatic ring is 1. The van der Waals surface area contributed by atoms with Crippen molar-refractivity contribution in [1.82, 2.24) is 0 Å². The molecule has 0 bridgehead atoms. The summed E-state index contributed by atoms with van der Waals surface area (Å²) in [6.07, 6.45) is 2.22. The minimum absolute atomic E-state index is 0.306. The first-order valence-corrected chi connectivity index (χ1v) is 6.95. The zero-order valence-electron chi connectivity index (χ0n) is 12.1. The number of ether oxygens (including phenoxy) is 1. The van der Waals surface area contributed by atoms with Crippen LogP contribution in [0.25, 0.3) is 0 Å². The van der Waals surface area contributed by atoms with Gasteiger partial charge in [-0.3, -0.25) is 0 Å². The maximum Gasteiger partial charge on any atom is 0.340 e. The molecule has 1 aromatic carbocycles. The second-order valence-electron chi connectivity index (χ2n) is 4.43. The van der Waals surface area contributed by atoms with Gasteiger partial charge in [0.05, 0.1) is 17.9 Å². The smallest absolute Gasteiger partial charge is 0.340 e. The molecule has 19 heavy (non-hydrogen) atoms. The molecule has 1 aromatic rings. The molecule has 0 aliphatic rings. The molecule has 1 rings (SSSR count). The molecule has 0 saturated heterocycles. The van der Waals surface area contributed by atoms with Crippen LogP contribution in [0, 0.1) is 0 Å². The lowest BCUT2D eigenvalue weighted by molar-refractivity contribution is 0.0527. The summed E-state index contributed by atoms with van der Waals surface area (Å²) in [6.45, 7) is 8.20. The molecule has 0 aromatic heterocycles. The van der Waals surface area contributed by atoms with E-state index >= 15 is 0 Å². The van der Waals surface area contributed by atoms with Crippen LogP contribution in [-0.2, 0) is 4.74 Å². The molecule has 0 spiro atoms. The van der Waals surface area contributed by atoms with Crippen LogP contribution in [0.5, 0.6) is 0 Å². The Bertz CT molecular complexity index is 419. The fraction of sp³-hybridized carbons (Fsp3) is 0.533. The van der Waals surface area contributed by atoms with Gasteiger partial charge in [-0.1, -0.05) is 13.3 Å². The molecule has 0 saturated carbocycles. The number of hydrogen-bond donors (Lipinski definition) is 1. The van der Waals surface area contributed by atoms with E-state index in [2.05, 4.69) is 18.7 Å². The summed E-state index contributed by atoms with van der Waals surface area (Å²) < 4.78 is 5.10. The Labute approximate surface area is 115 Å². The second kappa shape index (κ2) is 7.67. The molecular formula is C15H24N2O2. The Morgan fingerprint density at radius 2 is 2.05 bits per heavy atom. The molecular weight excluding hydrogens is 240 g/mol. The number of carbonyl (C=O) groups is 1. The molecule has 0 heterocycles. The zero-order valence-corrected chi connectivity index (χ0v) is 12.1. The highest BCUT2D eigenvalue weighted by molar-refractivity contribution is 5.97. The maximum atomic E-state index is 12.0. The fourth-order valence-electron chi connectivity index (χ4n) is 2.00. The first-order valence-electron chi connectivity index (χ1n) is 6.95. The zero-order chi connectivity index (χ0) is 14.3. The average Bonchev–Trinajstić information content (AvgIpc) is 2.41. The van der Waals surface area contributed by atoms with Crippen LogP contribution in [0.3, 0.4) is 0 Å². The van der Waals surface area contributed by atoms with Crippen LogP contribution in [0.1, 0.15) is 44.0 Å². The second-order valence-corrected chi connectivity index (χ2v) is 4.43. The van der Waals surface area contributed by atoms with E-state index in [1.54, 1.807) is 13.0 Å². The molecule has 2 N–H and O–H groups in total. The van der Waals surface area contributed by atoms with Gasteiger partial charge in [-0.05, 0) is 38.5 Å². The lowest BCUT2D eigenvalue weighted by Gasteiger charge is -2.25. The van der Waals surface area contributed by atoms with Crippen LogP contribution >= 0.6 is 0 Å². The molecule has 0 fully saturated rings. The molecule has 4 nitrogen and oxygen atoms in total. The average molecular weight is 264 g/mol. The number of unbranched alkanes of at least 4 members (excludes halogenated alkanes) is 1. The normalized spacial score (nSPS) is 10.3. The molecule has 0 amide bonds. The van der Waals surface area contributed by atoms with Crippen molar-refractivity contribution in [2.45, 2.75) is 33.6 Å². The number of nitrogens with two attached hydrogens (primary N) is 1. The molecule has 4 heteroatoms. The fourth-order valence-corrected chi connectivity index (χ4v) is 2.00. The van der Waals surface area contributed by atoms with Gasteiger partial charge in [-0.2, -0.15) is 0 Å². The quantitative estimate of drug-likeness (QED) is 0.607. The van der Waals surface area contributed by atoms with Gasteiger partial charge in [0, 0.05) is 18.8 Å². The Kier molecular flexibility index (Phi) is 6.19. The summed E-state index contributed by atoms with van der Waals surface area (Å²) in [7, 11) is 0. The van der Waals surface area contributed by atoms with E-state index in [1.807, 2.05) is 12.1 Å². The van der Waals surface area contributed by atoms with E-state index < -0.39 is 0 Å². The van der Waals surface area contributed by atoms with Crippen molar-refractivity contribution in [2.75, 3.05) is 30.3 Å². The van der Waals surface area contributed by atoms with Crippen molar-refractivity contribution < 1.29 is 9.53 Å². The monoisotopic (exact) mass is 264 g/mol. The number of carbonyl (C=O) groups excluding carboxylic acids is 1. The molecule has 0 aliphatic heterocycles. The lowest BCUT2D eigenvalue weighted by atomic mass is 10.1. The van der Waals surface area contributed by atoms with E-state index in [4.69, 9.17) is 10.5 Å². The van der Waals surface area contributed by atoms with Crippen LogP contribution in [-0.4, -0.2) is 25.7 Å². The third-order valence-electron chi connectivity index (χ3n) is 3.02. The highest BCUT2D eigenvalue weighted by Crippen LogP contribution is 2.24. The summed E-state index contributed by atoms with van der Waals surface area (Å²) in [6, 6.07) is 5.43. The summed E-state index contributed by atoms with van der Waals surface area (Å²) in [4.78, 5) is 14.2. The van der Waals surface area contributed by atoms with E-state index in [9.17, 15) is 4.79 Å². The third kappa shape index (κ3) is 4.16. The van der Waals surface area contributed by atoms with Crippen molar-refractivity contribution in [3.8, 4) is 0 Å². The van der Waals surface area contributed by atoms with E-state index in [0.29, 0.717) is 17.9 Å². The van der Waals surface area contributed by atoms with Gasteiger partial charge in [0.25, 0.3) is 0 Å². The van der Waals surface area contributed by atoms with Gasteiger partial charge in [-0.25, -0.2) is 4.79 Å². The standard InChI is InChI=1S/C15H24N2O2/c1-4-7-10-17(5-2)14-9-8-12(16)11-13(14)15(18)19-6-3/h8-9,11H,4-7,10,16H2,1-3H3. The Morgan fingerprint density at radius 3 is 2.63 bits per heavy atom. The van der Waals surface area contributed by atoms with E-state index in [0.717, 1.165) is 31.6 Å². The van der Waals surface area contributed by atoms with Crippen molar-refractivity contribution in [1.29, 1.82) is 0 Å². The van der Waals surface area contributed by atoms with Crippen molar-refractivity contribution in [3.63, 3.8) is 0 Å². The number of hydrogen-bond acceptors (Lipinski definition) is 4. The summed E-state index contributed by atoms with van der Waals surface area (Å²) >= 11 is 0. The molecule has 0 radical (unpaired) electrons. The first kappa shape index (κ1) is 15.3. The van der Waals surface area contributed by atoms with Gasteiger partial charge in [-0.15, -0.1) is 0 Å². The molecule has 0 atom stereocenters. The van der Waals surface area contributed by atoms with Gasteiger partial charge in [0.1, 0.15) is 0 Å². The minimum atomic E-state index is -0.306. The Hall–Kier alpha value is -1.71. The topological polar surface area (TPSA) is 55.6 Å². The minimum Gasteiger partial charge on any atom is -0.462 e. The highest BCUT2D eigenvalue weighted by atomic mass is 16.5. The third-order valence-corrected chi connectivity index (χ3v) is 3.02. The molecule has 0 aliphatic carbocycles. The summed E-state index contributed by atoms with van der Waals surface area (Å²) in [5.74, 6) is -0.306. The number of benzene rings is 1. The Balaban J connectivity index is 3.06. The van der Waals surface area contributed by atoms with Crippen LogP contribution < -0.4 is 10.6 Å². The van der Waals surface area contributed by atoms with E-state index in [-0.39, 0.29) is 5.97 Å². The van der Waals surface area contributed by atoms with Gasteiger partial charge >= 0.3 is 5.97 Å². The lowest BCUT2D eigenvalue weighted by Crippen LogP contribution is -2.26. The van der Waals surface area contributed by atoms with Crippen molar-refractivity contribution in [2.24, 2.45) is 0 Å². The van der Waals surface area contributed by atoms with Crippen LogP contribution in [0.2, 0.25) is 0 Å². The molecule has 0 unspecified atom stereocenters. The number of anilines is 2. The van der Waals surface area contributed by atoms with Crippen molar-refractivity contribution >= 4 is 17.3 Å². The van der Waals surface area contributed by atoms with Crippen LogP contribution in [0.15, 0.2) is 18.2 Å². The largest absolute Gasteiger partial charge is 0.462 e. The van der Waals surface area contributed by atoms with Crippen LogP contribution in [0.4, 0.5) is 11.4 Å². The summed E-state index contributed by atoms with van der Waals surface area (Å²) in [5.41, 5.74) is 7.82.